The third-order valence-electron chi connectivity index (χ3n) is 5.38. The zero-order valence-electron chi connectivity index (χ0n) is 21.1. The fourth-order valence-corrected chi connectivity index (χ4v) is 4.77. The molecule has 0 fully saturated rings. The number of aryl methyl sites for hydroxylation is 1. The molecule has 0 atom stereocenters. The molecule has 0 saturated heterocycles. The van der Waals surface area contributed by atoms with Crippen LogP contribution in [0.4, 0.5) is 9.59 Å². The molecule has 3 aromatic rings. The largest absolute Gasteiger partial charge is 0.515 e. The van der Waals surface area contributed by atoms with Crippen LogP contribution in [0.3, 0.4) is 0 Å². The van der Waals surface area contributed by atoms with Crippen molar-refractivity contribution < 1.29 is 32.2 Å². The van der Waals surface area contributed by atoms with Crippen LogP contribution in [0, 0.1) is 0 Å². The van der Waals surface area contributed by atoms with E-state index < -0.39 is 22.3 Å². The Balaban J connectivity index is 1.87. The van der Waals surface area contributed by atoms with E-state index in [1.54, 1.807) is 44.2 Å². The molecule has 2 aromatic carbocycles. The minimum Gasteiger partial charge on any atom is -0.449 e. The Bertz CT molecular complexity index is 1320. The van der Waals surface area contributed by atoms with Crippen molar-refractivity contribution in [1.29, 1.82) is 0 Å². The lowest BCUT2D eigenvalue weighted by molar-refractivity contribution is 0.101. The molecular weight excluding hydrogens is 498 g/mol. The van der Waals surface area contributed by atoms with Crippen LogP contribution in [0.25, 0.3) is 11.1 Å². The summed E-state index contributed by atoms with van der Waals surface area (Å²) < 4.78 is 44.3. The summed E-state index contributed by atoms with van der Waals surface area (Å²) in [4.78, 5) is 28.0. The monoisotopic (exact) mass is 529 g/mol. The van der Waals surface area contributed by atoms with E-state index in [2.05, 4.69) is 11.9 Å². The van der Waals surface area contributed by atoms with Crippen molar-refractivity contribution in [3.8, 4) is 17.0 Å². The summed E-state index contributed by atoms with van der Waals surface area (Å²) in [6.45, 7) is 6.01. The molecule has 37 heavy (non-hydrogen) atoms. The van der Waals surface area contributed by atoms with Crippen molar-refractivity contribution in [3.05, 3.63) is 66.1 Å². The fourth-order valence-electron chi connectivity index (χ4n) is 3.65. The molecule has 198 valence electrons. The van der Waals surface area contributed by atoms with Gasteiger partial charge in [-0.25, -0.2) is 27.7 Å². The van der Waals surface area contributed by atoms with Gasteiger partial charge in [0.15, 0.2) is 0 Å². The van der Waals surface area contributed by atoms with E-state index in [9.17, 15) is 18.0 Å². The molecule has 1 aromatic heterocycles. The molecule has 0 bridgehead atoms. The summed E-state index contributed by atoms with van der Waals surface area (Å²) in [5, 5.41) is 0. The summed E-state index contributed by atoms with van der Waals surface area (Å²) in [6, 6.07) is 13.7. The van der Waals surface area contributed by atoms with Crippen molar-refractivity contribution >= 4 is 22.3 Å². The average Bonchev–Trinajstić information content (AvgIpc) is 3.23. The van der Waals surface area contributed by atoms with E-state index >= 15 is 0 Å². The summed E-state index contributed by atoms with van der Waals surface area (Å²) in [5.41, 5.74) is 1.97. The Labute approximate surface area is 216 Å². The van der Waals surface area contributed by atoms with Crippen LogP contribution in [-0.4, -0.2) is 43.4 Å². The molecule has 0 spiro atoms. The second-order valence-corrected chi connectivity index (χ2v) is 9.66. The van der Waals surface area contributed by atoms with E-state index in [4.69, 9.17) is 14.2 Å². The lowest BCUT2D eigenvalue weighted by Crippen LogP contribution is -2.31. The number of hydrogen-bond donors (Lipinski definition) is 1. The summed E-state index contributed by atoms with van der Waals surface area (Å²) >= 11 is 0. The number of carbonyl (C=O) groups excluding carboxylic acids is 2. The van der Waals surface area contributed by atoms with Gasteiger partial charge in [0.1, 0.15) is 5.82 Å². The molecule has 11 heteroatoms. The highest BCUT2D eigenvalue weighted by Crippen LogP contribution is 2.28. The fraction of sp³-hybridized carbons (Fsp3) is 0.346. The van der Waals surface area contributed by atoms with Crippen LogP contribution >= 0.6 is 0 Å². The van der Waals surface area contributed by atoms with Gasteiger partial charge in [-0.2, -0.15) is 0 Å². The Kier molecular flexibility index (Phi) is 9.67. The predicted molar refractivity (Wildman–Crippen MR) is 137 cm³/mol. The molecular formula is C26H31N3O7S. The number of nitrogens with zero attached hydrogens (tertiary/aromatic N) is 2. The lowest BCUT2D eigenvalue weighted by Gasteiger charge is -2.14. The third kappa shape index (κ3) is 7.32. The van der Waals surface area contributed by atoms with Crippen LogP contribution in [0.15, 0.2) is 59.6 Å². The van der Waals surface area contributed by atoms with E-state index in [1.807, 2.05) is 21.4 Å². The normalized spacial score (nSPS) is 11.1. The van der Waals surface area contributed by atoms with Gasteiger partial charge in [0, 0.05) is 12.0 Å². The summed E-state index contributed by atoms with van der Waals surface area (Å²) in [5.74, 6) is 1.07. The van der Waals surface area contributed by atoms with Crippen LogP contribution in [0.2, 0.25) is 0 Å². The smallest absolute Gasteiger partial charge is 0.449 e. The van der Waals surface area contributed by atoms with E-state index in [0.717, 1.165) is 30.7 Å². The Morgan fingerprint density at radius 2 is 1.68 bits per heavy atom. The van der Waals surface area contributed by atoms with Crippen LogP contribution in [-0.2, 0) is 32.5 Å². The van der Waals surface area contributed by atoms with E-state index in [0.29, 0.717) is 17.7 Å². The van der Waals surface area contributed by atoms with Gasteiger partial charge in [0.25, 0.3) is 10.0 Å². The molecule has 0 aliphatic carbocycles. The number of unbranched alkanes of at least 4 members (excludes halogenated alkanes) is 1. The molecule has 0 saturated carbocycles. The van der Waals surface area contributed by atoms with Gasteiger partial charge in [-0.15, -0.1) is 0 Å². The van der Waals surface area contributed by atoms with E-state index in [1.165, 1.54) is 12.3 Å². The van der Waals surface area contributed by atoms with Gasteiger partial charge in [0.2, 0.25) is 5.88 Å². The lowest BCUT2D eigenvalue weighted by atomic mass is 10.0. The highest BCUT2D eigenvalue weighted by Gasteiger charge is 2.22. The van der Waals surface area contributed by atoms with Gasteiger partial charge in [0.05, 0.1) is 30.9 Å². The Hall–Kier alpha value is -3.86. The molecule has 0 unspecified atom stereocenters. The van der Waals surface area contributed by atoms with Crippen molar-refractivity contribution in [2.75, 3.05) is 13.2 Å². The predicted octanol–water partition coefficient (Wildman–Crippen LogP) is 4.91. The third-order valence-corrected chi connectivity index (χ3v) is 6.75. The maximum Gasteiger partial charge on any atom is 0.515 e. The topological polar surface area (TPSA) is 126 Å². The number of hydrogen-bond acceptors (Lipinski definition) is 8. The molecule has 10 nitrogen and oxygen atoms in total. The minimum absolute atomic E-state index is 0.0441. The van der Waals surface area contributed by atoms with E-state index in [-0.39, 0.29) is 24.0 Å². The maximum atomic E-state index is 12.8. The summed E-state index contributed by atoms with van der Waals surface area (Å²) in [7, 11) is -4.15. The van der Waals surface area contributed by atoms with Gasteiger partial charge >= 0.3 is 12.2 Å². The van der Waals surface area contributed by atoms with Crippen LogP contribution in [0.5, 0.6) is 5.88 Å². The standard InChI is InChI=1S/C26H31N3O7S/c1-4-7-12-23-27-17-24(36-26(31)35-6-3)29(23)18-19-13-15-20(16-14-19)21-10-8-9-11-22(21)37(32,33)28-25(30)34-5-2/h8-11,13-17H,4-7,12,18H2,1-3H3,(H,28,30). The van der Waals surface area contributed by atoms with Gasteiger partial charge in [-0.1, -0.05) is 55.8 Å². The molecule has 0 radical (unpaired) electrons. The van der Waals surface area contributed by atoms with Crippen molar-refractivity contribution in [3.63, 3.8) is 0 Å². The zero-order chi connectivity index (χ0) is 26.8. The molecule has 1 amide bonds. The number of nitrogens with one attached hydrogen (secondary N) is 1. The molecule has 1 N–H and O–H groups in total. The molecule has 0 aliphatic heterocycles. The van der Waals surface area contributed by atoms with Gasteiger partial charge < -0.3 is 14.2 Å². The second-order valence-electron chi connectivity index (χ2n) is 8.01. The maximum absolute atomic E-state index is 12.8. The highest BCUT2D eigenvalue weighted by molar-refractivity contribution is 7.90. The molecule has 0 aliphatic rings. The molecule has 3 rings (SSSR count). The first-order chi connectivity index (χ1) is 17.8. The Morgan fingerprint density at radius 3 is 2.35 bits per heavy atom. The van der Waals surface area contributed by atoms with Crippen molar-refractivity contribution in [1.82, 2.24) is 14.3 Å². The van der Waals surface area contributed by atoms with Crippen molar-refractivity contribution in [2.45, 2.75) is 51.5 Å². The average molecular weight is 530 g/mol. The number of rotatable bonds is 11. The quantitative estimate of drug-likeness (QED) is 0.347. The number of amides is 1. The first-order valence-electron chi connectivity index (χ1n) is 12.1. The van der Waals surface area contributed by atoms with Gasteiger partial charge in [-0.05, 0) is 37.5 Å². The number of imidazole rings is 1. The second kappa shape index (κ2) is 12.9. The molecule has 1 heterocycles. The van der Waals surface area contributed by atoms with Crippen molar-refractivity contribution in [2.24, 2.45) is 0 Å². The first-order valence-corrected chi connectivity index (χ1v) is 13.5. The number of ether oxygens (including phenoxy) is 3. The summed E-state index contributed by atoms with van der Waals surface area (Å²) in [6.07, 6.45) is 2.32. The number of sulfonamides is 1. The van der Waals surface area contributed by atoms with Gasteiger partial charge in [-0.3, -0.25) is 4.57 Å². The number of carbonyl (C=O) groups is 2. The number of aromatic nitrogens is 2. The Morgan fingerprint density at radius 1 is 0.973 bits per heavy atom. The zero-order valence-corrected chi connectivity index (χ0v) is 21.9. The minimum atomic E-state index is -4.15. The van der Waals surface area contributed by atoms with Crippen LogP contribution in [0.1, 0.15) is 45.0 Å². The van der Waals surface area contributed by atoms with Crippen LogP contribution < -0.4 is 9.46 Å². The first kappa shape index (κ1) is 27.7. The SMILES string of the molecule is CCCCc1ncc(OC(=O)OCC)n1Cc1ccc(-c2ccccc2S(=O)(=O)NC(=O)OCC)cc1. The highest BCUT2D eigenvalue weighted by atomic mass is 32.2. The number of benzene rings is 2.